The van der Waals surface area contributed by atoms with Crippen LogP contribution in [0.4, 0.5) is 0 Å². The summed E-state index contributed by atoms with van der Waals surface area (Å²) in [5.74, 6) is 2.28. The van der Waals surface area contributed by atoms with Gasteiger partial charge in [0.25, 0.3) is 0 Å². The summed E-state index contributed by atoms with van der Waals surface area (Å²) in [5.41, 5.74) is 1.06. The van der Waals surface area contributed by atoms with Crippen molar-refractivity contribution >= 4 is 16.9 Å². The zero-order valence-corrected chi connectivity index (χ0v) is 11.5. The molecule has 2 atom stereocenters. The van der Waals surface area contributed by atoms with E-state index >= 15 is 0 Å². The maximum atomic E-state index is 11.5. The summed E-state index contributed by atoms with van der Waals surface area (Å²) < 4.78 is 10.6. The molecular weight excluding hydrogens is 250 g/mol. The molecule has 1 aliphatic heterocycles. The van der Waals surface area contributed by atoms with Crippen LogP contribution in [0.25, 0.3) is 0 Å². The van der Waals surface area contributed by atoms with Gasteiger partial charge in [-0.15, -0.1) is 0 Å². The van der Waals surface area contributed by atoms with E-state index in [1.807, 2.05) is 25.1 Å². The minimum Gasteiger partial charge on any atom is -0.497 e. The number of nitrogens with one attached hydrogen (secondary N) is 1. The Hall–Kier alpha value is -1.20. The number of thioether (sulfide) groups is 1. The predicted molar refractivity (Wildman–Crippen MR) is 72.3 cm³/mol. The largest absolute Gasteiger partial charge is 0.497 e. The van der Waals surface area contributed by atoms with Crippen molar-refractivity contribution in [3.05, 3.63) is 23.8 Å². The average Bonchev–Trinajstić information content (AvgIpc) is 2.41. The molecule has 0 aliphatic carbocycles. The van der Waals surface area contributed by atoms with E-state index in [4.69, 9.17) is 9.47 Å². The zero-order chi connectivity index (χ0) is 13.1. The van der Waals surface area contributed by atoms with Crippen LogP contribution in [0.15, 0.2) is 18.2 Å². The van der Waals surface area contributed by atoms with Crippen molar-refractivity contribution in [1.29, 1.82) is 0 Å². The second-order valence-corrected chi connectivity index (χ2v) is 5.20. The van der Waals surface area contributed by atoms with Gasteiger partial charge in [0.2, 0.25) is 5.12 Å². The van der Waals surface area contributed by atoms with Gasteiger partial charge in [0.05, 0.1) is 20.3 Å². The fourth-order valence-electron chi connectivity index (χ4n) is 1.99. The molecule has 4 nitrogen and oxygen atoms in total. The minimum atomic E-state index is -0.124. The predicted octanol–water partition coefficient (Wildman–Crippen LogP) is 2.00. The third-order valence-corrected chi connectivity index (χ3v) is 4.15. The van der Waals surface area contributed by atoms with Gasteiger partial charge >= 0.3 is 0 Å². The highest BCUT2D eigenvalue weighted by atomic mass is 32.2. The summed E-state index contributed by atoms with van der Waals surface area (Å²) in [5, 5.41) is 3.50. The molecule has 0 radical (unpaired) electrons. The molecule has 1 saturated heterocycles. The molecule has 1 fully saturated rings. The summed E-state index contributed by atoms with van der Waals surface area (Å²) in [6, 6.07) is 5.76. The number of benzene rings is 1. The molecule has 1 N–H and O–H groups in total. The lowest BCUT2D eigenvalue weighted by molar-refractivity contribution is -0.112. The fourth-order valence-corrected chi connectivity index (χ4v) is 2.92. The van der Waals surface area contributed by atoms with Crippen molar-refractivity contribution in [3.8, 4) is 11.5 Å². The number of hydrogen-bond donors (Lipinski definition) is 1. The van der Waals surface area contributed by atoms with E-state index in [9.17, 15) is 4.79 Å². The summed E-state index contributed by atoms with van der Waals surface area (Å²) in [7, 11) is 3.27. The first kappa shape index (κ1) is 13.2. The quantitative estimate of drug-likeness (QED) is 0.907. The zero-order valence-electron chi connectivity index (χ0n) is 10.7. The molecule has 0 aromatic heterocycles. The molecule has 0 saturated carbocycles. The lowest BCUT2D eigenvalue weighted by Crippen LogP contribution is -2.41. The molecule has 0 amide bonds. The van der Waals surface area contributed by atoms with E-state index in [1.165, 1.54) is 11.8 Å². The topological polar surface area (TPSA) is 47.6 Å². The van der Waals surface area contributed by atoms with Crippen LogP contribution in [0.3, 0.4) is 0 Å². The Labute approximate surface area is 111 Å². The number of methoxy groups -OCH3 is 2. The number of ether oxygens (including phenoxy) is 2. The molecule has 98 valence electrons. The minimum absolute atomic E-state index is 0.124. The fraction of sp³-hybridized carbons (Fsp3) is 0.462. The van der Waals surface area contributed by atoms with Gasteiger partial charge in [0, 0.05) is 23.4 Å². The van der Waals surface area contributed by atoms with E-state index in [2.05, 4.69) is 5.32 Å². The van der Waals surface area contributed by atoms with Crippen LogP contribution in [0.5, 0.6) is 11.5 Å². The SMILES string of the molecule is COc1ccc([C@H]2CSC(=O)[C@H](C)N2)c(OC)c1. The third kappa shape index (κ3) is 2.62. The second-order valence-electron chi connectivity index (χ2n) is 4.18. The molecule has 1 aromatic carbocycles. The lowest BCUT2D eigenvalue weighted by Gasteiger charge is -2.28. The van der Waals surface area contributed by atoms with Gasteiger partial charge in [-0.3, -0.25) is 10.1 Å². The highest BCUT2D eigenvalue weighted by Crippen LogP contribution is 2.33. The van der Waals surface area contributed by atoms with E-state index in [0.717, 1.165) is 22.8 Å². The maximum Gasteiger partial charge on any atom is 0.205 e. The smallest absolute Gasteiger partial charge is 0.205 e. The van der Waals surface area contributed by atoms with Gasteiger partial charge in [-0.1, -0.05) is 17.8 Å². The Morgan fingerprint density at radius 1 is 1.33 bits per heavy atom. The Balaban J connectivity index is 2.25. The van der Waals surface area contributed by atoms with Crippen LogP contribution in [0, 0.1) is 0 Å². The molecule has 1 heterocycles. The average molecular weight is 267 g/mol. The number of carbonyl (C=O) groups is 1. The van der Waals surface area contributed by atoms with Crippen molar-refractivity contribution in [2.75, 3.05) is 20.0 Å². The van der Waals surface area contributed by atoms with Crippen LogP contribution >= 0.6 is 11.8 Å². The number of hydrogen-bond acceptors (Lipinski definition) is 5. The number of carbonyl (C=O) groups excluding carboxylic acids is 1. The van der Waals surface area contributed by atoms with Crippen LogP contribution in [-0.2, 0) is 4.79 Å². The summed E-state index contributed by atoms with van der Waals surface area (Å²) in [6.45, 7) is 1.89. The van der Waals surface area contributed by atoms with Crippen LogP contribution in [-0.4, -0.2) is 31.1 Å². The summed E-state index contributed by atoms with van der Waals surface area (Å²) >= 11 is 1.37. The highest BCUT2D eigenvalue weighted by Gasteiger charge is 2.28. The molecule has 0 unspecified atom stereocenters. The van der Waals surface area contributed by atoms with Gasteiger partial charge in [0.15, 0.2) is 0 Å². The first-order valence-corrected chi connectivity index (χ1v) is 6.79. The van der Waals surface area contributed by atoms with E-state index in [-0.39, 0.29) is 17.2 Å². The molecule has 1 aromatic rings. The summed E-state index contributed by atoms with van der Waals surface area (Å²) in [4.78, 5) is 11.5. The molecule has 2 rings (SSSR count). The third-order valence-electron chi connectivity index (χ3n) is 3.01. The van der Waals surface area contributed by atoms with Gasteiger partial charge in [0.1, 0.15) is 11.5 Å². The van der Waals surface area contributed by atoms with E-state index in [0.29, 0.717) is 0 Å². The highest BCUT2D eigenvalue weighted by molar-refractivity contribution is 8.13. The molecule has 0 bridgehead atoms. The Kier molecular flexibility index (Phi) is 4.14. The maximum absolute atomic E-state index is 11.5. The van der Waals surface area contributed by atoms with Crippen LogP contribution in [0.1, 0.15) is 18.5 Å². The van der Waals surface area contributed by atoms with Crippen LogP contribution in [0.2, 0.25) is 0 Å². The molecule has 18 heavy (non-hydrogen) atoms. The molecule has 1 aliphatic rings. The van der Waals surface area contributed by atoms with Crippen molar-refractivity contribution in [2.24, 2.45) is 0 Å². The second kappa shape index (κ2) is 5.63. The van der Waals surface area contributed by atoms with Crippen LogP contribution < -0.4 is 14.8 Å². The molecular formula is C13H17NO3S. The standard InChI is InChI=1S/C13H17NO3S/c1-8-13(15)18-7-11(14-8)10-5-4-9(16-2)6-12(10)17-3/h4-6,8,11,14H,7H2,1-3H3/t8-,11+/m0/s1. The van der Waals surface area contributed by atoms with Gasteiger partial charge in [-0.2, -0.15) is 0 Å². The first-order chi connectivity index (χ1) is 8.65. The van der Waals surface area contributed by atoms with Crippen molar-refractivity contribution < 1.29 is 14.3 Å². The molecule has 5 heteroatoms. The van der Waals surface area contributed by atoms with Gasteiger partial charge in [-0.05, 0) is 13.0 Å². The Morgan fingerprint density at radius 2 is 2.11 bits per heavy atom. The van der Waals surface area contributed by atoms with Crippen molar-refractivity contribution in [2.45, 2.75) is 19.0 Å². The molecule has 0 spiro atoms. The Bertz CT molecular complexity index is 450. The monoisotopic (exact) mass is 267 g/mol. The van der Waals surface area contributed by atoms with E-state index in [1.54, 1.807) is 14.2 Å². The summed E-state index contributed by atoms with van der Waals surface area (Å²) in [6.07, 6.45) is 0. The lowest BCUT2D eigenvalue weighted by atomic mass is 10.1. The van der Waals surface area contributed by atoms with Gasteiger partial charge < -0.3 is 9.47 Å². The van der Waals surface area contributed by atoms with Crippen molar-refractivity contribution in [1.82, 2.24) is 5.32 Å². The normalized spacial score (nSPS) is 23.8. The number of rotatable bonds is 3. The first-order valence-electron chi connectivity index (χ1n) is 5.80. The Morgan fingerprint density at radius 3 is 2.72 bits per heavy atom. The van der Waals surface area contributed by atoms with E-state index < -0.39 is 0 Å². The van der Waals surface area contributed by atoms with Gasteiger partial charge in [-0.25, -0.2) is 0 Å². The van der Waals surface area contributed by atoms with Crippen molar-refractivity contribution in [3.63, 3.8) is 0 Å².